The Morgan fingerprint density at radius 3 is 2.30 bits per heavy atom. The molecule has 0 aliphatic carbocycles. The monoisotopic (exact) mass is 380 g/mol. The molecule has 0 saturated heterocycles. The molecule has 3 rings (SSSR count). The van der Waals surface area contributed by atoms with E-state index >= 15 is 0 Å². The summed E-state index contributed by atoms with van der Waals surface area (Å²) in [5.74, 6) is -0.281. The molecule has 2 aromatic carbocycles. The van der Waals surface area contributed by atoms with E-state index in [1.807, 2.05) is 12.1 Å². The van der Waals surface area contributed by atoms with Crippen molar-refractivity contribution in [3.05, 3.63) is 89.2 Å². The molecule has 0 fully saturated rings. The van der Waals surface area contributed by atoms with Gasteiger partial charge < -0.3 is 16.0 Å². The SMILES string of the molecule is O=C(NCc1ccncc1)Nc1ccc(C(=O)Nc2ccccc2Cl)cc1. The van der Waals surface area contributed by atoms with Crippen molar-refractivity contribution in [2.75, 3.05) is 10.6 Å². The van der Waals surface area contributed by atoms with Gasteiger partial charge in [0.2, 0.25) is 0 Å². The quantitative estimate of drug-likeness (QED) is 0.616. The van der Waals surface area contributed by atoms with Gasteiger partial charge in [0.05, 0.1) is 10.7 Å². The van der Waals surface area contributed by atoms with E-state index in [0.29, 0.717) is 28.5 Å². The molecule has 0 aliphatic heterocycles. The number of amides is 3. The molecule has 3 aromatic rings. The van der Waals surface area contributed by atoms with Crippen molar-refractivity contribution in [3.63, 3.8) is 0 Å². The third kappa shape index (κ3) is 5.29. The van der Waals surface area contributed by atoms with Crippen LogP contribution in [0, 0.1) is 0 Å². The number of rotatable bonds is 5. The van der Waals surface area contributed by atoms with Gasteiger partial charge in [0.15, 0.2) is 0 Å². The summed E-state index contributed by atoms with van der Waals surface area (Å²) in [5, 5.41) is 8.69. The predicted octanol–water partition coefficient (Wildman–Crippen LogP) is 4.31. The first-order valence-electron chi connectivity index (χ1n) is 8.21. The fourth-order valence-electron chi connectivity index (χ4n) is 2.32. The van der Waals surface area contributed by atoms with E-state index in [-0.39, 0.29) is 11.9 Å². The van der Waals surface area contributed by atoms with Crippen molar-refractivity contribution in [2.24, 2.45) is 0 Å². The topological polar surface area (TPSA) is 83.1 Å². The first-order valence-corrected chi connectivity index (χ1v) is 8.59. The van der Waals surface area contributed by atoms with Gasteiger partial charge in [0.1, 0.15) is 0 Å². The number of halogens is 1. The van der Waals surface area contributed by atoms with Crippen molar-refractivity contribution in [1.82, 2.24) is 10.3 Å². The van der Waals surface area contributed by atoms with Crippen LogP contribution in [0.15, 0.2) is 73.1 Å². The molecule has 3 amide bonds. The van der Waals surface area contributed by atoms with Crippen LogP contribution in [0.5, 0.6) is 0 Å². The Kier molecular flexibility index (Phi) is 6.02. The van der Waals surface area contributed by atoms with E-state index in [2.05, 4.69) is 20.9 Å². The number of carbonyl (C=O) groups is 2. The summed E-state index contributed by atoms with van der Waals surface area (Å²) < 4.78 is 0. The van der Waals surface area contributed by atoms with E-state index in [0.717, 1.165) is 5.56 Å². The Bertz CT molecular complexity index is 930. The first kappa shape index (κ1) is 18.4. The standard InChI is InChI=1S/C20H17ClN4O2/c21-17-3-1-2-4-18(17)25-19(26)15-5-7-16(8-6-15)24-20(27)23-13-14-9-11-22-12-10-14/h1-12H,13H2,(H,25,26)(H2,23,24,27). The number of hydrogen-bond donors (Lipinski definition) is 3. The van der Waals surface area contributed by atoms with Crippen LogP contribution in [0.25, 0.3) is 0 Å². The van der Waals surface area contributed by atoms with Crippen molar-refractivity contribution in [2.45, 2.75) is 6.54 Å². The highest BCUT2D eigenvalue weighted by molar-refractivity contribution is 6.33. The lowest BCUT2D eigenvalue weighted by Crippen LogP contribution is -2.28. The molecule has 0 spiro atoms. The van der Waals surface area contributed by atoms with Gasteiger partial charge in [-0.15, -0.1) is 0 Å². The average Bonchev–Trinajstić information content (AvgIpc) is 2.69. The van der Waals surface area contributed by atoms with Gasteiger partial charge in [0.25, 0.3) is 5.91 Å². The van der Waals surface area contributed by atoms with Crippen molar-refractivity contribution in [3.8, 4) is 0 Å². The number of urea groups is 1. The van der Waals surface area contributed by atoms with E-state index in [9.17, 15) is 9.59 Å². The van der Waals surface area contributed by atoms with Gasteiger partial charge in [-0.05, 0) is 54.1 Å². The molecular formula is C20H17ClN4O2. The van der Waals surface area contributed by atoms with Gasteiger partial charge in [-0.25, -0.2) is 4.79 Å². The molecule has 0 unspecified atom stereocenters. The number of aromatic nitrogens is 1. The van der Waals surface area contributed by atoms with E-state index in [1.165, 1.54) is 0 Å². The number of benzene rings is 2. The molecule has 1 heterocycles. The van der Waals surface area contributed by atoms with Crippen LogP contribution < -0.4 is 16.0 Å². The number of pyridine rings is 1. The molecule has 1 aromatic heterocycles. The summed E-state index contributed by atoms with van der Waals surface area (Å²) in [6.45, 7) is 0.396. The number of para-hydroxylation sites is 1. The number of anilines is 2. The third-order valence-electron chi connectivity index (χ3n) is 3.73. The number of nitrogens with one attached hydrogen (secondary N) is 3. The summed E-state index contributed by atoms with van der Waals surface area (Å²) in [7, 11) is 0. The largest absolute Gasteiger partial charge is 0.334 e. The van der Waals surface area contributed by atoms with Crippen LogP contribution in [0.4, 0.5) is 16.2 Å². The van der Waals surface area contributed by atoms with Gasteiger partial charge in [-0.2, -0.15) is 0 Å². The summed E-state index contributed by atoms with van der Waals surface area (Å²) in [5.41, 5.74) is 2.53. The maximum absolute atomic E-state index is 12.3. The highest BCUT2D eigenvalue weighted by Gasteiger charge is 2.09. The van der Waals surface area contributed by atoms with Gasteiger partial charge in [-0.1, -0.05) is 23.7 Å². The molecule has 0 aliphatic rings. The Hall–Kier alpha value is -3.38. The number of carbonyl (C=O) groups excluding carboxylic acids is 2. The van der Waals surface area contributed by atoms with Crippen LogP contribution in [-0.2, 0) is 6.54 Å². The summed E-state index contributed by atoms with van der Waals surface area (Å²) >= 11 is 6.04. The lowest BCUT2D eigenvalue weighted by molar-refractivity contribution is 0.102. The molecule has 27 heavy (non-hydrogen) atoms. The molecule has 0 bridgehead atoms. The maximum atomic E-state index is 12.3. The van der Waals surface area contributed by atoms with Crippen LogP contribution in [-0.4, -0.2) is 16.9 Å². The van der Waals surface area contributed by atoms with Crippen molar-refractivity contribution < 1.29 is 9.59 Å². The Morgan fingerprint density at radius 2 is 1.59 bits per heavy atom. The number of hydrogen-bond acceptors (Lipinski definition) is 3. The highest BCUT2D eigenvalue weighted by Crippen LogP contribution is 2.21. The van der Waals surface area contributed by atoms with E-state index in [1.54, 1.807) is 60.9 Å². The summed E-state index contributed by atoms with van der Waals surface area (Å²) in [4.78, 5) is 28.2. The molecule has 0 saturated carbocycles. The zero-order valence-corrected chi connectivity index (χ0v) is 15.0. The summed E-state index contributed by atoms with van der Waals surface area (Å²) in [6, 6.07) is 16.9. The average molecular weight is 381 g/mol. The molecular weight excluding hydrogens is 364 g/mol. The third-order valence-corrected chi connectivity index (χ3v) is 4.06. The lowest BCUT2D eigenvalue weighted by atomic mass is 10.2. The van der Waals surface area contributed by atoms with E-state index in [4.69, 9.17) is 11.6 Å². The normalized spacial score (nSPS) is 10.1. The van der Waals surface area contributed by atoms with Gasteiger partial charge in [-0.3, -0.25) is 9.78 Å². The smallest absolute Gasteiger partial charge is 0.319 e. The predicted molar refractivity (Wildman–Crippen MR) is 106 cm³/mol. The minimum absolute atomic E-state index is 0.281. The van der Waals surface area contributed by atoms with Crippen LogP contribution in [0.2, 0.25) is 5.02 Å². The Morgan fingerprint density at radius 1 is 0.889 bits per heavy atom. The van der Waals surface area contributed by atoms with Crippen LogP contribution in [0.1, 0.15) is 15.9 Å². The Balaban J connectivity index is 1.54. The lowest BCUT2D eigenvalue weighted by Gasteiger charge is -2.09. The zero-order chi connectivity index (χ0) is 19.1. The molecule has 7 heteroatoms. The fraction of sp³-hybridized carbons (Fsp3) is 0.0500. The summed E-state index contributed by atoms with van der Waals surface area (Å²) in [6.07, 6.45) is 3.34. The maximum Gasteiger partial charge on any atom is 0.319 e. The molecule has 0 atom stereocenters. The van der Waals surface area contributed by atoms with Crippen molar-refractivity contribution >= 4 is 34.9 Å². The minimum atomic E-state index is -0.333. The molecule has 6 nitrogen and oxygen atoms in total. The second kappa shape index (κ2) is 8.82. The number of nitrogens with zero attached hydrogens (tertiary/aromatic N) is 1. The van der Waals surface area contributed by atoms with Gasteiger partial charge in [0, 0.05) is 30.2 Å². The second-order valence-corrected chi connectivity index (χ2v) is 6.08. The second-order valence-electron chi connectivity index (χ2n) is 5.67. The fourth-order valence-corrected chi connectivity index (χ4v) is 2.50. The molecule has 136 valence electrons. The van der Waals surface area contributed by atoms with Crippen molar-refractivity contribution in [1.29, 1.82) is 0 Å². The Labute approximate surface area is 161 Å². The highest BCUT2D eigenvalue weighted by atomic mass is 35.5. The first-order chi connectivity index (χ1) is 13.1. The van der Waals surface area contributed by atoms with Crippen LogP contribution in [0.3, 0.4) is 0 Å². The van der Waals surface area contributed by atoms with Crippen LogP contribution >= 0.6 is 11.6 Å². The zero-order valence-electron chi connectivity index (χ0n) is 14.3. The molecule has 0 radical (unpaired) electrons. The molecule has 3 N–H and O–H groups in total. The minimum Gasteiger partial charge on any atom is -0.334 e. The van der Waals surface area contributed by atoms with E-state index < -0.39 is 0 Å². The van der Waals surface area contributed by atoms with Gasteiger partial charge >= 0.3 is 6.03 Å².